The Kier molecular flexibility index (Phi) is 4.32. The largest absolute Gasteiger partial charge is 0.494 e. The van der Waals surface area contributed by atoms with E-state index in [9.17, 15) is 20.0 Å². The molecule has 1 N–H and O–H groups in total. The first-order chi connectivity index (χ1) is 13.9. The highest BCUT2D eigenvalue weighted by atomic mass is 16.3. The predicted molar refractivity (Wildman–Crippen MR) is 104 cm³/mol. The van der Waals surface area contributed by atoms with Gasteiger partial charge in [-0.3, -0.25) is 14.2 Å². The highest BCUT2D eigenvalue weighted by Gasteiger charge is 2.28. The Bertz CT molecular complexity index is 1350. The van der Waals surface area contributed by atoms with Crippen molar-refractivity contribution in [3.63, 3.8) is 0 Å². The molecule has 4 aromatic rings. The smallest absolute Gasteiger partial charge is 0.271 e. The summed E-state index contributed by atoms with van der Waals surface area (Å²) >= 11 is 0. The fraction of sp³-hybridized carbons (Fsp3) is 0.136. The van der Waals surface area contributed by atoms with Gasteiger partial charge in [0.15, 0.2) is 5.76 Å². The van der Waals surface area contributed by atoms with Crippen molar-refractivity contribution in [3.8, 4) is 11.9 Å². The van der Waals surface area contributed by atoms with Crippen LogP contribution >= 0.6 is 0 Å². The van der Waals surface area contributed by atoms with Crippen LogP contribution in [0.15, 0.2) is 56.3 Å². The standard InChI is InChI=1S/C22H16N2O5/c1-12-16(10-23)21(26)24(11-14-6-5-9-28-14)22(27)18(12)19(25)20-13(2)15-7-3-4-8-17(15)29-20/h3-9,27H,11H2,1-2H3. The number of aryl methyl sites for hydroxylation is 1. The molecule has 29 heavy (non-hydrogen) atoms. The Morgan fingerprint density at radius 3 is 2.59 bits per heavy atom. The van der Waals surface area contributed by atoms with Crippen LogP contribution in [0, 0.1) is 25.2 Å². The number of rotatable bonds is 4. The molecule has 1 aromatic carbocycles. The predicted octanol–water partition coefficient (Wildman–Crippen LogP) is 3.66. The summed E-state index contributed by atoms with van der Waals surface area (Å²) in [4.78, 5) is 26.0. The molecule has 144 valence electrons. The lowest BCUT2D eigenvalue weighted by Gasteiger charge is -2.14. The van der Waals surface area contributed by atoms with E-state index in [1.54, 1.807) is 31.2 Å². The van der Waals surface area contributed by atoms with Gasteiger partial charge in [0, 0.05) is 10.9 Å². The Hall–Kier alpha value is -4.05. The first-order valence-corrected chi connectivity index (χ1v) is 8.85. The topological polar surface area (TPSA) is 109 Å². The van der Waals surface area contributed by atoms with Gasteiger partial charge in [0.25, 0.3) is 5.56 Å². The summed E-state index contributed by atoms with van der Waals surface area (Å²) in [5.41, 5.74) is 0.204. The van der Waals surface area contributed by atoms with Crippen LogP contribution in [0.4, 0.5) is 0 Å². The van der Waals surface area contributed by atoms with Gasteiger partial charge in [0.1, 0.15) is 23.0 Å². The maximum Gasteiger partial charge on any atom is 0.271 e. The van der Waals surface area contributed by atoms with Crippen molar-refractivity contribution >= 4 is 16.8 Å². The molecule has 0 spiro atoms. The minimum atomic E-state index is -0.697. The van der Waals surface area contributed by atoms with Crippen molar-refractivity contribution in [2.75, 3.05) is 0 Å². The molecular weight excluding hydrogens is 372 g/mol. The van der Waals surface area contributed by atoms with E-state index in [-0.39, 0.29) is 29.0 Å². The maximum absolute atomic E-state index is 13.3. The second-order valence-corrected chi connectivity index (χ2v) is 6.66. The molecule has 3 heterocycles. The second-order valence-electron chi connectivity index (χ2n) is 6.66. The number of aromatic nitrogens is 1. The van der Waals surface area contributed by atoms with Gasteiger partial charge < -0.3 is 13.9 Å². The van der Waals surface area contributed by atoms with Gasteiger partial charge >= 0.3 is 0 Å². The molecule has 0 saturated carbocycles. The SMILES string of the molecule is Cc1c(C(=O)c2oc3ccccc3c2C)c(O)n(Cc2ccco2)c(=O)c1C#N. The van der Waals surface area contributed by atoms with Crippen LogP contribution in [0.5, 0.6) is 5.88 Å². The first-order valence-electron chi connectivity index (χ1n) is 8.85. The molecule has 0 bridgehead atoms. The molecule has 3 aromatic heterocycles. The molecule has 0 aliphatic carbocycles. The number of hydrogen-bond donors (Lipinski definition) is 1. The molecular formula is C22H16N2O5. The zero-order chi connectivity index (χ0) is 20.7. The van der Waals surface area contributed by atoms with Gasteiger partial charge in [-0.25, -0.2) is 0 Å². The summed E-state index contributed by atoms with van der Waals surface area (Å²) in [6.07, 6.45) is 1.43. The van der Waals surface area contributed by atoms with Gasteiger partial charge in [-0.1, -0.05) is 18.2 Å². The molecule has 7 nitrogen and oxygen atoms in total. The van der Waals surface area contributed by atoms with Crippen LogP contribution in [0.3, 0.4) is 0 Å². The first kappa shape index (κ1) is 18.3. The third-order valence-corrected chi connectivity index (χ3v) is 4.97. The van der Waals surface area contributed by atoms with Crippen LogP contribution in [0.1, 0.15) is 38.6 Å². The summed E-state index contributed by atoms with van der Waals surface area (Å²) in [5, 5.41) is 21.1. The number of para-hydroxylation sites is 1. The van der Waals surface area contributed by atoms with Gasteiger partial charge in [0.05, 0.1) is 18.4 Å². The van der Waals surface area contributed by atoms with Crippen molar-refractivity contribution in [2.45, 2.75) is 20.4 Å². The Morgan fingerprint density at radius 1 is 1.17 bits per heavy atom. The van der Waals surface area contributed by atoms with Crippen molar-refractivity contribution in [1.82, 2.24) is 4.57 Å². The van der Waals surface area contributed by atoms with E-state index in [0.29, 0.717) is 16.9 Å². The molecule has 0 fully saturated rings. The Balaban J connectivity index is 1.95. The Labute approximate surface area is 165 Å². The number of carbonyl (C=O) groups excluding carboxylic acids is 1. The van der Waals surface area contributed by atoms with E-state index in [1.165, 1.54) is 13.2 Å². The lowest BCUT2D eigenvalue weighted by molar-refractivity contribution is 0.101. The van der Waals surface area contributed by atoms with Crippen molar-refractivity contribution in [1.29, 1.82) is 5.26 Å². The highest BCUT2D eigenvalue weighted by molar-refractivity contribution is 6.12. The number of carbonyl (C=O) groups is 1. The number of benzene rings is 1. The summed E-state index contributed by atoms with van der Waals surface area (Å²) in [5.74, 6) is -0.684. The van der Waals surface area contributed by atoms with E-state index in [0.717, 1.165) is 9.95 Å². The molecule has 4 rings (SSSR count). The number of nitriles is 1. The molecule has 0 aliphatic heterocycles. The molecule has 0 aliphatic rings. The monoisotopic (exact) mass is 388 g/mol. The van der Waals surface area contributed by atoms with Gasteiger partial charge in [-0.05, 0) is 37.6 Å². The molecule has 0 amide bonds. The third kappa shape index (κ3) is 2.82. The van der Waals surface area contributed by atoms with E-state index in [4.69, 9.17) is 8.83 Å². The number of aromatic hydroxyl groups is 1. The minimum Gasteiger partial charge on any atom is -0.494 e. The van der Waals surface area contributed by atoms with Crippen LogP contribution in [0.2, 0.25) is 0 Å². The second kappa shape index (κ2) is 6.84. The van der Waals surface area contributed by atoms with Crippen LogP contribution < -0.4 is 5.56 Å². The van der Waals surface area contributed by atoms with Gasteiger partial charge in [-0.2, -0.15) is 5.26 Å². The fourth-order valence-corrected chi connectivity index (χ4v) is 3.43. The molecule has 7 heteroatoms. The Morgan fingerprint density at radius 2 is 1.93 bits per heavy atom. The van der Waals surface area contributed by atoms with Gasteiger partial charge in [0.2, 0.25) is 11.7 Å². The van der Waals surface area contributed by atoms with Crippen LogP contribution in [-0.4, -0.2) is 15.5 Å². The lowest BCUT2D eigenvalue weighted by Crippen LogP contribution is -2.27. The lowest BCUT2D eigenvalue weighted by atomic mass is 9.98. The number of furan rings is 2. The van der Waals surface area contributed by atoms with Crippen molar-refractivity contribution < 1.29 is 18.7 Å². The molecule has 0 unspecified atom stereocenters. The summed E-state index contributed by atoms with van der Waals surface area (Å²) in [6.45, 7) is 3.09. The molecule has 0 saturated heterocycles. The number of pyridine rings is 1. The van der Waals surface area contributed by atoms with Crippen molar-refractivity contribution in [3.05, 3.63) is 86.8 Å². The quantitative estimate of drug-likeness (QED) is 0.534. The summed E-state index contributed by atoms with van der Waals surface area (Å²) in [7, 11) is 0. The zero-order valence-electron chi connectivity index (χ0n) is 15.7. The summed E-state index contributed by atoms with van der Waals surface area (Å²) < 4.78 is 11.9. The van der Waals surface area contributed by atoms with E-state index in [2.05, 4.69) is 0 Å². The van der Waals surface area contributed by atoms with Crippen molar-refractivity contribution in [2.24, 2.45) is 0 Å². The zero-order valence-corrected chi connectivity index (χ0v) is 15.7. The van der Waals surface area contributed by atoms with Gasteiger partial charge in [-0.15, -0.1) is 0 Å². The summed E-state index contributed by atoms with van der Waals surface area (Å²) in [6, 6.07) is 12.3. The average Bonchev–Trinajstić information content (AvgIpc) is 3.34. The van der Waals surface area contributed by atoms with E-state index in [1.807, 2.05) is 18.2 Å². The van der Waals surface area contributed by atoms with Crippen LogP contribution in [-0.2, 0) is 6.54 Å². The number of hydrogen-bond acceptors (Lipinski definition) is 6. The molecule has 0 atom stereocenters. The minimum absolute atomic E-state index is 0.0525. The average molecular weight is 388 g/mol. The van der Waals surface area contributed by atoms with E-state index >= 15 is 0 Å². The number of fused-ring (bicyclic) bond motifs is 1. The number of nitrogens with zero attached hydrogens (tertiary/aromatic N) is 2. The number of ketones is 1. The molecule has 0 radical (unpaired) electrons. The normalized spacial score (nSPS) is 10.9. The van der Waals surface area contributed by atoms with E-state index < -0.39 is 17.2 Å². The highest BCUT2D eigenvalue weighted by Crippen LogP contribution is 2.31. The maximum atomic E-state index is 13.3. The van der Waals surface area contributed by atoms with Crippen LogP contribution in [0.25, 0.3) is 11.0 Å². The third-order valence-electron chi connectivity index (χ3n) is 4.97. The fourth-order valence-electron chi connectivity index (χ4n) is 3.43.